The molecular weight excluding hydrogens is 395 g/mol. The molecule has 0 radical (unpaired) electrons. The number of hydrogen-bond donors (Lipinski definition) is 2. The van der Waals surface area contributed by atoms with E-state index in [0.29, 0.717) is 17.7 Å². The molecule has 0 bridgehead atoms. The summed E-state index contributed by atoms with van der Waals surface area (Å²) < 4.78 is 89.2. The van der Waals surface area contributed by atoms with Crippen molar-refractivity contribution < 1.29 is 35.2 Å². The van der Waals surface area contributed by atoms with E-state index in [1.165, 1.54) is 24.3 Å². The van der Waals surface area contributed by atoms with Gasteiger partial charge >= 0.3 is 6.18 Å². The minimum atomic E-state index is -4.52. The summed E-state index contributed by atoms with van der Waals surface area (Å²) in [5, 5.41) is 1.70. The lowest BCUT2D eigenvalue weighted by Gasteiger charge is -2.10. The first-order valence-electron chi connectivity index (χ1n) is 7.36. The Bertz CT molecular complexity index is 928. The summed E-state index contributed by atoms with van der Waals surface area (Å²) in [6, 6.07) is 7.07. The lowest BCUT2D eigenvalue weighted by molar-refractivity contribution is -0.138. The average molecular weight is 408 g/mol. The second-order valence-electron chi connectivity index (χ2n) is 5.45. The number of carbonyl (C=O) groups excluding carboxylic acids is 1. The van der Waals surface area contributed by atoms with Gasteiger partial charge in [0.25, 0.3) is 10.0 Å². The molecule has 0 heterocycles. The lowest BCUT2D eigenvalue weighted by Crippen LogP contribution is -2.34. The van der Waals surface area contributed by atoms with E-state index in [2.05, 4.69) is 0 Å². The summed E-state index contributed by atoms with van der Waals surface area (Å²) in [5.74, 6) is -2.93. The Morgan fingerprint density at radius 1 is 1.00 bits per heavy atom. The topological polar surface area (TPSA) is 75.3 Å². The summed E-state index contributed by atoms with van der Waals surface area (Å²) >= 11 is 0. The van der Waals surface area contributed by atoms with Crippen molar-refractivity contribution in [2.45, 2.75) is 17.5 Å². The molecule has 0 unspecified atom stereocenters. The van der Waals surface area contributed by atoms with Crippen molar-refractivity contribution in [3.63, 3.8) is 0 Å². The predicted octanol–water partition coefficient (Wildman–Crippen LogP) is 2.99. The average Bonchev–Trinajstić information content (AvgIpc) is 2.56. The van der Waals surface area contributed by atoms with Gasteiger partial charge in [0.2, 0.25) is 5.91 Å². The van der Waals surface area contributed by atoms with Gasteiger partial charge in [0.05, 0.1) is 6.42 Å². The van der Waals surface area contributed by atoms with Crippen LogP contribution in [-0.2, 0) is 21.2 Å². The Morgan fingerprint density at radius 2 is 1.63 bits per heavy atom. The highest BCUT2D eigenvalue weighted by Gasteiger charge is 2.27. The van der Waals surface area contributed by atoms with Crippen LogP contribution >= 0.6 is 0 Å². The second-order valence-corrected chi connectivity index (χ2v) is 7.10. The molecule has 0 aliphatic heterocycles. The molecule has 5 nitrogen and oxygen atoms in total. The maximum Gasteiger partial charge on any atom is 0.405 e. The highest BCUT2D eigenvalue weighted by atomic mass is 32.2. The number of nitrogens with one attached hydrogen (secondary N) is 2. The summed E-state index contributed by atoms with van der Waals surface area (Å²) in [4.78, 5) is 10.6. The van der Waals surface area contributed by atoms with E-state index in [-0.39, 0.29) is 12.1 Å². The maximum absolute atomic E-state index is 13.6. The fraction of sp³-hybridized carbons (Fsp3) is 0.188. The smallest absolute Gasteiger partial charge is 0.347 e. The third kappa shape index (κ3) is 6.20. The van der Waals surface area contributed by atoms with E-state index >= 15 is 0 Å². The molecule has 2 N–H and O–H groups in total. The fourth-order valence-corrected chi connectivity index (χ4v) is 3.18. The van der Waals surface area contributed by atoms with Gasteiger partial charge in [-0.15, -0.1) is 0 Å². The van der Waals surface area contributed by atoms with Gasteiger partial charge in [-0.2, -0.15) is 13.2 Å². The molecule has 11 heteroatoms. The number of sulfonamides is 1. The number of alkyl halides is 3. The summed E-state index contributed by atoms with van der Waals surface area (Å²) in [6.45, 7) is -1.46. The van der Waals surface area contributed by atoms with Crippen molar-refractivity contribution in [2.24, 2.45) is 0 Å². The van der Waals surface area contributed by atoms with E-state index < -0.39 is 45.2 Å². The number of benzene rings is 2. The van der Waals surface area contributed by atoms with Crippen LogP contribution in [0.3, 0.4) is 0 Å². The summed E-state index contributed by atoms with van der Waals surface area (Å²) in [6.07, 6.45) is -4.87. The Hall–Kier alpha value is -2.69. The Labute approximate surface area is 151 Å². The molecule has 2 aromatic carbocycles. The molecule has 0 aliphatic rings. The van der Waals surface area contributed by atoms with Crippen molar-refractivity contribution >= 4 is 21.6 Å². The van der Waals surface area contributed by atoms with Gasteiger partial charge < -0.3 is 5.32 Å². The van der Waals surface area contributed by atoms with Crippen LogP contribution in [0, 0.1) is 11.6 Å². The van der Waals surface area contributed by atoms with Crippen LogP contribution < -0.4 is 10.0 Å². The van der Waals surface area contributed by atoms with Gasteiger partial charge in [-0.3, -0.25) is 9.52 Å². The SMILES string of the molecule is O=C(Cc1ccc(NS(=O)(=O)c2cc(F)ccc2F)cc1)NCC(F)(F)F. The Kier molecular flexibility index (Phi) is 6.04. The van der Waals surface area contributed by atoms with E-state index in [1.807, 2.05) is 4.72 Å². The highest BCUT2D eigenvalue weighted by Crippen LogP contribution is 2.20. The van der Waals surface area contributed by atoms with Gasteiger partial charge in [0.1, 0.15) is 23.1 Å². The van der Waals surface area contributed by atoms with Crippen molar-refractivity contribution in [1.29, 1.82) is 0 Å². The third-order valence-electron chi connectivity index (χ3n) is 3.24. The molecule has 27 heavy (non-hydrogen) atoms. The number of carbonyl (C=O) groups is 1. The molecule has 146 valence electrons. The molecule has 0 fully saturated rings. The number of halogens is 5. The standard InChI is InChI=1S/C16H13F5N2O3S/c17-11-3-6-13(18)14(8-11)27(25,26)23-12-4-1-10(2-5-12)7-15(24)22-9-16(19,20)21/h1-6,8,23H,7,9H2,(H,22,24). The van der Waals surface area contributed by atoms with Gasteiger partial charge in [-0.05, 0) is 35.9 Å². The van der Waals surface area contributed by atoms with Crippen LogP contribution in [-0.4, -0.2) is 27.0 Å². The van der Waals surface area contributed by atoms with E-state index in [4.69, 9.17) is 0 Å². The van der Waals surface area contributed by atoms with Gasteiger partial charge in [-0.1, -0.05) is 12.1 Å². The van der Waals surface area contributed by atoms with Gasteiger partial charge in [0.15, 0.2) is 0 Å². The first kappa shape index (κ1) is 20.6. The number of amides is 1. The molecule has 0 saturated heterocycles. The largest absolute Gasteiger partial charge is 0.405 e. The van der Waals surface area contributed by atoms with Crippen LogP contribution in [0.2, 0.25) is 0 Å². The molecule has 0 aliphatic carbocycles. The van der Waals surface area contributed by atoms with Crippen LogP contribution in [0.15, 0.2) is 47.4 Å². The third-order valence-corrected chi connectivity index (χ3v) is 4.64. The highest BCUT2D eigenvalue weighted by molar-refractivity contribution is 7.92. The Morgan fingerprint density at radius 3 is 2.22 bits per heavy atom. The molecular formula is C16H13F5N2O3S. The zero-order valence-electron chi connectivity index (χ0n) is 13.5. The summed E-state index contributed by atoms with van der Waals surface area (Å²) in [7, 11) is -4.40. The van der Waals surface area contributed by atoms with Gasteiger partial charge in [-0.25, -0.2) is 17.2 Å². The Balaban J connectivity index is 2.05. The van der Waals surface area contributed by atoms with E-state index in [0.717, 1.165) is 6.07 Å². The van der Waals surface area contributed by atoms with Crippen LogP contribution in [0.5, 0.6) is 0 Å². The summed E-state index contributed by atoms with van der Waals surface area (Å²) in [5.41, 5.74) is 0.327. The van der Waals surface area contributed by atoms with Crippen LogP contribution in [0.25, 0.3) is 0 Å². The maximum atomic E-state index is 13.6. The number of rotatable bonds is 6. The van der Waals surface area contributed by atoms with Crippen molar-refractivity contribution in [1.82, 2.24) is 5.32 Å². The van der Waals surface area contributed by atoms with Crippen molar-refractivity contribution in [3.8, 4) is 0 Å². The minimum absolute atomic E-state index is 0.00175. The molecule has 0 aromatic heterocycles. The quantitative estimate of drug-likeness (QED) is 0.722. The molecule has 0 atom stereocenters. The predicted molar refractivity (Wildman–Crippen MR) is 86.4 cm³/mol. The zero-order valence-corrected chi connectivity index (χ0v) is 14.3. The van der Waals surface area contributed by atoms with Crippen LogP contribution in [0.4, 0.5) is 27.6 Å². The second kappa shape index (κ2) is 7.91. The zero-order chi connectivity index (χ0) is 20.2. The monoisotopic (exact) mass is 408 g/mol. The minimum Gasteiger partial charge on any atom is -0.347 e. The molecule has 0 saturated carbocycles. The molecule has 1 amide bonds. The fourth-order valence-electron chi connectivity index (χ4n) is 2.03. The van der Waals surface area contributed by atoms with Gasteiger partial charge in [0, 0.05) is 5.69 Å². The lowest BCUT2D eigenvalue weighted by atomic mass is 10.1. The van der Waals surface area contributed by atoms with E-state index in [1.54, 1.807) is 5.32 Å². The number of anilines is 1. The first-order valence-corrected chi connectivity index (χ1v) is 8.85. The molecule has 2 aromatic rings. The number of hydrogen-bond acceptors (Lipinski definition) is 3. The first-order chi connectivity index (χ1) is 12.5. The van der Waals surface area contributed by atoms with E-state index in [9.17, 15) is 35.2 Å². The van der Waals surface area contributed by atoms with Crippen molar-refractivity contribution in [2.75, 3.05) is 11.3 Å². The van der Waals surface area contributed by atoms with Crippen molar-refractivity contribution in [3.05, 3.63) is 59.7 Å². The normalized spacial score (nSPS) is 11.9. The van der Waals surface area contributed by atoms with Crippen LogP contribution in [0.1, 0.15) is 5.56 Å². The molecule has 2 rings (SSSR count). The molecule has 0 spiro atoms.